The van der Waals surface area contributed by atoms with Crippen molar-refractivity contribution in [2.45, 2.75) is 24.3 Å². The van der Waals surface area contributed by atoms with E-state index in [1.165, 1.54) is 10.5 Å². The van der Waals surface area contributed by atoms with Gasteiger partial charge in [0.2, 0.25) is 11.0 Å². The number of fused-ring (bicyclic) bond motifs is 1. The molecule has 0 radical (unpaired) electrons. The summed E-state index contributed by atoms with van der Waals surface area (Å²) in [7, 11) is 0. The first-order valence-electron chi connectivity index (χ1n) is 9.19. The standard InChI is InChI=1S/C20H21N3O3S2/c24-15(9-12-4-2-1-3-5-12)22-16-18(25)23-17(20(26)27)14(11-28-19(16)23)8-13-6-7-21-10-13/h1-5,8,16,19,21H,6-7,9-11H2,(H,22,24)(H,26,27)/t16?,19-/m1/s1. The van der Waals surface area contributed by atoms with Gasteiger partial charge in [-0.1, -0.05) is 54.6 Å². The quantitative estimate of drug-likeness (QED) is 0.499. The van der Waals surface area contributed by atoms with Crippen molar-refractivity contribution in [3.05, 3.63) is 58.8 Å². The van der Waals surface area contributed by atoms with E-state index in [2.05, 4.69) is 23.3 Å². The van der Waals surface area contributed by atoms with Crippen LogP contribution in [-0.2, 0) is 20.8 Å². The molecule has 1 unspecified atom stereocenters. The zero-order valence-corrected chi connectivity index (χ0v) is 16.9. The SMILES string of the molecule is O=C(Cc1ccccc1)NC1C(=O)N2C(C(=O)S)=C(C=C3CCNC3)CS[C@H]12. The molecule has 6 nitrogen and oxygen atoms in total. The number of hydrogen-bond acceptors (Lipinski definition) is 5. The van der Waals surface area contributed by atoms with Crippen LogP contribution in [0.1, 0.15) is 12.0 Å². The van der Waals surface area contributed by atoms with Gasteiger partial charge in [0.15, 0.2) is 0 Å². The first-order chi connectivity index (χ1) is 13.5. The Morgan fingerprint density at radius 2 is 2.11 bits per heavy atom. The van der Waals surface area contributed by atoms with Gasteiger partial charge in [0.05, 0.1) is 6.42 Å². The van der Waals surface area contributed by atoms with Crippen molar-refractivity contribution in [2.24, 2.45) is 0 Å². The zero-order chi connectivity index (χ0) is 19.7. The third-order valence-corrected chi connectivity index (χ3v) is 6.59. The van der Waals surface area contributed by atoms with Crippen LogP contribution < -0.4 is 10.6 Å². The molecule has 2 amide bonds. The Morgan fingerprint density at radius 3 is 2.79 bits per heavy atom. The van der Waals surface area contributed by atoms with Gasteiger partial charge in [-0.3, -0.25) is 19.3 Å². The van der Waals surface area contributed by atoms with E-state index in [4.69, 9.17) is 0 Å². The lowest BCUT2D eigenvalue weighted by Gasteiger charge is -2.49. The van der Waals surface area contributed by atoms with Crippen LogP contribution in [0.25, 0.3) is 0 Å². The number of nitrogens with one attached hydrogen (secondary N) is 2. The summed E-state index contributed by atoms with van der Waals surface area (Å²) in [6.07, 6.45) is 3.18. The highest BCUT2D eigenvalue weighted by molar-refractivity contribution is 8.00. The fraction of sp³-hybridized carbons (Fsp3) is 0.350. The third-order valence-electron chi connectivity index (χ3n) is 5.08. The highest BCUT2D eigenvalue weighted by atomic mass is 32.2. The smallest absolute Gasteiger partial charge is 0.253 e. The van der Waals surface area contributed by atoms with E-state index in [1.807, 2.05) is 36.4 Å². The molecule has 4 rings (SSSR count). The molecule has 3 aliphatic rings. The molecule has 0 aromatic heterocycles. The van der Waals surface area contributed by atoms with E-state index < -0.39 is 11.2 Å². The van der Waals surface area contributed by atoms with Crippen molar-refractivity contribution in [3.8, 4) is 0 Å². The van der Waals surface area contributed by atoms with Gasteiger partial charge in [-0.05, 0) is 24.1 Å². The minimum Gasteiger partial charge on any atom is -0.341 e. The van der Waals surface area contributed by atoms with E-state index in [1.54, 1.807) is 11.8 Å². The third kappa shape index (κ3) is 3.76. The number of β-lactam (4-membered cyclic amide) rings is 1. The number of nitrogens with zero attached hydrogens (tertiary/aromatic N) is 1. The molecular weight excluding hydrogens is 394 g/mol. The van der Waals surface area contributed by atoms with Gasteiger partial charge in [-0.25, -0.2) is 0 Å². The Kier molecular flexibility index (Phi) is 5.61. The lowest BCUT2D eigenvalue weighted by Crippen LogP contribution is -2.70. The number of hydrogen-bond donors (Lipinski definition) is 3. The Morgan fingerprint density at radius 1 is 1.32 bits per heavy atom. The molecule has 0 bridgehead atoms. The number of allylic oxidation sites excluding steroid dienone is 1. The van der Waals surface area contributed by atoms with Gasteiger partial charge < -0.3 is 10.6 Å². The topological polar surface area (TPSA) is 78.5 Å². The fourth-order valence-electron chi connectivity index (χ4n) is 3.72. The van der Waals surface area contributed by atoms with Crippen LogP contribution in [0, 0.1) is 0 Å². The largest absolute Gasteiger partial charge is 0.341 e. The number of carbonyl (C=O) groups is 3. The van der Waals surface area contributed by atoms with Crippen molar-refractivity contribution in [3.63, 3.8) is 0 Å². The Labute approximate surface area is 173 Å². The van der Waals surface area contributed by atoms with Gasteiger partial charge in [-0.15, -0.1) is 11.8 Å². The summed E-state index contributed by atoms with van der Waals surface area (Å²) in [5.74, 6) is 0.166. The molecule has 0 spiro atoms. The molecule has 3 heterocycles. The van der Waals surface area contributed by atoms with Crippen LogP contribution in [0.15, 0.2) is 53.3 Å². The lowest BCUT2D eigenvalue weighted by molar-refractivity contribution is -0.146. The van der Waals surface area contributed by atoms with Crippen molar-refractivity contribution in [2.75, 3.05) is 18.8 Å². The lowest BCUT2D eigenvalue weighted by atomic mass is 10.0. The highest BCUT2D eigenvalue weighted by Crippen LogP contribution is 2.41. The first kappa shape index (κ1) is 19.3. The van der Waals surface area contributed by atoms with Gasteiger partial charge >= 0.3 is 0 Å². The van der Waals surface area contributed by atoms with Crippen molar-refractivity contribution >= 4 is 41.3 Å². The molecule has 3 aliphatic heterocycles. The summed E-state index contributed by atoms with van der Waals surface area (Å²) in [6, 6.07) is 8.79. The first-order valence-corrected chi connectivity index (χ1v) is 10.7. The number of carbonyl (C=O) groups excluding carboxylic acids is 3. The molecule has 2 N–H and O–H groups in total. The Balaban J connectivity index is 1.48. The van der Waals surface area contributed by atoms with Crippen LogP contribution >= 0.6 is 24.4 Å². The monoisotopic (exact) mass is 415 g/mol. The van der Waals surface area contributed by atoms with Crippen LogP contribution in [0.5, 0.6) is 0 Å². The maximum Gasteiger partial charge on any atom is 0.253 e. The number of thiol groups is 1. The molecular formula is C20H21N3O3S2. The molecule has 8 heteroatoms. The summed E-state index contributed by atoms with van der Waals surface area (Å²) >= 11 is 5.57. The van der Waals surface area contributed by atoms with E-state index in [0.29, 0.717) is 11.4 Å². The minimum atomic E-state index is -0.605. The van der Waals surface area contributed by atoms with Crippen molar-refractivity contribution in [1.82, 2.24) is 15.5 Å². The van der Waals surface area contributed by atoms with Gasteiger partial charge in [0.1, 0.15) is 17.1 Å². The van der Waals surface area contributed by atoms with Crippen LogP contribution in [-0.4, -0.2) is 52.1 Å². The summed E-state index contributed by atoms with van der Waals surface area (Å²) in [5.41, 5.74) is 3.30. The van der Waals surface area contributed by atoms with Crippen molar-refractivity contribution in [1.29, 1.82) is 0 Å². The Hall–Kier alpha value is -2.03. The molecule has 146 valence electrons. The fourth-order valence-corrected chi connectivity index (χ4v) is 5.27. The number of amides is 2. The summed E-state index contributed by atoms with van der Waals surface area (Å²) < 4.78 is 0. The Bertz CT molecular complexity index is 874. The molecule has 0 aliphatic carbocycles. The zero-order valence-electron chi connectivity index (χ0n) is 15.2. The second-order valence-electron chi connectivity index (χ2n) is 7.03. The maximum absolute atomic E-state index is 12.7. The maximum atomic E-state index is 12.7. The van der Waals surface area contributed by atoms with Gasteiger partial charge in [0.25, 0.3) is 5.91 Å². The summed E-state index contributed by atoms with van der Waals surface area (Å²) in [4.78, 5) is 38.7. The average Bonchev–Trinajstić information content (AvgIpc) is 3.19. The molecule has 1 aromatic carbocycles. The second-order valence-corrected chi connectivity index (χ2v) is 8.54. The van der Waals surface area contributed by atoms with Gasteiger partial charge in [0, 0.05) is 12.3 Å². The molecule has 2 atom stereocenters. The van der Waals surface area contributed by atoms with E-state index in [9.17, 15) is 14.4 Å². The van der Waals surface area contributed by atoms with Crippen molar-refractivity contribution < 1.29 is 14.4 Å². The summed E-state index contributed by atoms with van der Waals surface area (Å²) in [5, 5.41) is 5.42. The predicted molar refractivity (Wildman–Crippen MR) is 112 cm³/mol. The van der Waals surface area contributed by atoms with Crippen LogP contribution in [0.2, 0.25) is 0 Å². The molecule has 28 heavy (non-hydrogen) atoms. The summed E-state index contributed by atoms with van der Waals surface area (Å²) in [6.45, 7) is 1.73. The molecule has 2 fully saturated rings. The van der Waals surface area contributed by atoms with E-state index >= 15 is 0 Å². The molecule has 1 aromatic rings. The molecule has 0 saturated carbocycles. The van der Waals surface area contributed by atoms with Crippen LogP contribution in [0.3, 0.4) is 0 Å². The average molecular weight is 416 g/mol. The number of benzene rings is 1. The highest BCUT2D eigenvalue weighted by Gasteiger charge is 2.53. The number of thioether (sulfide) groups is 1. The van der Waals surface area contributed by atoms with E-state index in [0.717, 1.165) is 30.6 Å². The van der Waals surface area contributed by atoms with Crippen LogP contribution in [0.4, 0.5) is 0 Å². The normalized spacial score (nSPS) is 25.5. The number of rotatable bonds is 5. The van der Waals surface area contributed by atoms with E-state index in [-0.39, 0.29) is 23.6 Å². The van der Waals surface area contributed by atoms with Gasteiger partial charge in [-0.2, -0.15) is 0 Å². The molecule has 2 saturated heterocycles. The minimum absolute atomic E-state index is 0.197. The second kappa shape index (κ2) is 8.14. The predicted octanol–water partition coefficient (Wildman–Crippen LogP) is 1.26.